The Kier molecular flexibility index (Phi) is 3.53. The molecule has 1 saturated carbocycles. The number of rotatable bonds is 4. The second kappa shape index (κ2) is 5.94. The highest BCUT2D eigenvalue weighted by Crippen LogP contribution is 2.47. The SMILES string of the molecule is CC(NC(=O)[C@H]1C[C@@H]1c1nc2ccccc2[nH]1)c1cc2cc(F)ccc2o1. The van der Waals surface area contributed by atoms with Crippen LogP contribution in [0.5, 0.6) is 0 Å². The van der Waals surface area contributed by atoms with Gasteiger partial charge in [0.15, 0.2) is 0 Å². The van der Waals surface area contributed by atoms with Crippen LogP contribution in [0.1, 0.15) is 36.9 Å². The second-order valence-corrected chi connectivity index (χ2v) is 7.15. The molecule has 2 aromatic heterocycles. The van der Waals surface area contributed by atoms with Gasteiger partial charge in [-0.05, 0) is 49.7 Å². The molecule has 4 aromatic rings. The summed E-state index contributed by atoms with van der Waals surface area (Å²) in [6.45, 7) is 1.87. The Hall–Kier alpha value is -3.15. The summed E-state index contributed by atoms with van der Waals surface area (Å²) in [6, 6.07) is 13.7. The first-order valence-electron chi connectivity index (χ1n) is 9.02. The van der Waals surface area contributed by atoms with Crippen molar-refractivity contribution in [1.82, 2.24) is 15.3 Å². The van der Waals surface area contributed by atoms with Gasteiger partial charge in [0, 0.05) is 17.2 Å². The molecule has 5 rings (SSSR count). The molecular weight excluding hydrogens is 345 g/mol. The van der Waals surface area contributed by atoms with Crippen molar-refractivity contribution in [2.75, 3.05) is 0 Å². The molecule has 136 valence electrons. The quantitative estimate of drug-likeness (QED) is 0.563. The molecular formula is C21H18FN3O2. The number of benzene rings is 2. The highest BCUT2D eigenvalue weighted by molar-refractivity contribution is 5.84. The molecule has 0 saturated heterocycles. The van der Waals surface area contributed by atoms with Crippen molar-refractivity contribution in [2.24, 2.45) is 5.92 Å². The topological polar surface area (TPSA) is 70.9 Å². The van der Waals surface area contributed by atoms with Crippen LogP contribution in [0.25, 0.3) is 22.0 Å². The number of aromatic amines is 1. The molecule has 0 radical (unpaired) electrons. The lowest BCUT2D eigenvalue weighted by Crippen LogP contribution is -2.28. The third-order valence-electron chi connectivity index (χ3n) is 5.17. The molecule has 0 bridgehead atoms. The number of aromatic nitrogens is 2. The number of para-hydroxylation sites is 2. The highest BCUT2D eigenvalue weighted by Gasteiger charge is 2.46. The van der Waals surface area contributed by atoms with Gasteiger partial charge in [-0.15, -0.1) is 0 Å². The molecule has 1 fully saturated rings. The minimum Gasteiger partial charge on any atom is -0.459 e. The van der Waals surface area contributed by atoms with Crippen LogP contribution in [0.3, 0.4) is 0 Å². The number of halogens is 1. The number of amides is 1. The van der Waals surface area contributed by atoms with Crippen LogP contribution in [-0.2, 0) is 4.79 Å². The summed E-state index contributed by atoms with van der Waals surface area (Å²) in [5.74, 6) is 1.19. The zero-order valence-corrected chi connectivity index (χ0v) is 14.7. The van der Waals surface area contributed by atoms with Crippen LogP contribution in [0.2, 0.25) is 0 Å². The predicted octanol–water partition coefficient (Wildman–Crippen LogP) is 4.43. The van der Waals surface area contributed by atoms with Crippen LogP contribution >= 0.6 is 0 Å². The van der Waals surface area contributed by atoms with E-state index in [1.165, 1.54) is 12.1 Å². The van der Waals surface area contributed by atoms with Crippen LogP contribution in [0.15, 0.2) is 52.9 Å². The molecule has 2 N–H and O–H groups in total. The first-order valence-corrected chi connectivity index (χ1v) is 9.02. The summed E-state index contributed by atoms with van der Waals surface area (Å²) in [5, 5.41) is 3.69. The van der Waals surface area contributed by atoms with Gasteiger partial charge in [-0.3, -0.25) is 4.79 Å². The van der Waals surface area contributed by atoms with E-state index in [1.54, 1.807) is 12.1 Å². The number of furan rings is 1. The maximum absolute atomic E-state index is 13.3. The molecule has 0 spiro atoms. The minimum atomic E-state index is -0.307. The standard InChI is InChI=1S/C21H18FN3O2/c1-11(19-9-12-8-13(22)6-7-18(12)27-19)23-21(26)15-10-14(15)20-24-16-4-2-3-5-17(16)25-20/h2-9,11,14-15H,10H2,1H3,(H,23,26)(H,24,25)/t11?,14-,15-/m0/s1. The highest BCUT2D eigenvalue weighted by atomic mass is 19.1. The van der Waals surface area contributed by atoms with Crippen molar-refractivity contribution in [2.45, 2.75) is 25.3 Å². The number of fused-ring (bicyclic) bond motifs is 2. The van der Waals surface area contributed by atoms with Crippen molar-refractivity contribution < 1.29 is 13.6 Å². The lowest BCUT2D eigenvalue weighted by molar-refractivity contribution is -0.123. The fourth-order valence-corrected chi connectivity index (χ4v) is 3.57. The summed E-state index contributed by atoms with van der Waals surface area (Å²) < 4.78 is 19.1. The molecule has 1 aliphatic carbocycles. The van der Waals surface area contributed by atoms with Crippen LogP contribution in [0.4, 0.5) is 4.39 Å². The zero-order chi connectivity index (χ0) is 18.5. The lowest BCUT2D eigenvalue weighted by atomic mass is 10.2. The van der Waals surface area contributed by atoms with Gasteiger partial charge < -0.3 is 14.7 Å². The smallest absolute Gasteiger partial charge is 0.224 e. The van der Waals surface area contributed by atoms with E-state index in [2.05, 4.69) is 15.3 Å². The molecule has 2 heterocycles. The lowest BCUT2D eigenvalue weighted by Gasteiger charge is -2.11. The van der Waals surface area contributed by atoms with Crippen molar-refractivity contribution in [3.8, 4) is 0 Å². The fourth-order valence-electron chi connectivity index (χ4n) is 3.57. The summed E-state index contributed by atoms with van der Waals surface area (Å²) in [5.41, 5.74) is 2.52. The number of H-pyrrole nitrogens is 1. The van der Waals surface area contributed by atoms with Crippen molar-refractivity contribution in [3.05, 3.63) is 65.9 Å². The van der Waals surface area contributed by atoms with Gasteiger partial charge in [-0.1, -0.05) is 12.1 Å². The van der Waals surface area contributed by atoms with E-state index in [4.69, 9.17) is 4.42 Å². The van der Waals surface area contributed by atoms with Crippen LogP contribution < -0.4 is 5.32 Å². The largest absolute Gasteiger partial charge is 0.459 e. The first kappa shape index (κ1) is 16.1. The Bertz CT molecular complexity index is 1130. The minimum absolute atomic E-state index is 0.0143. The van der Waals surface area contributed by atoms with E-state index in [1.807, 2.05) is 31.2 Å². The Morgan fingerprint density at radius 3 is 3.00 bits per heavy atom. The van der Waals surface area contributed by atoms with Gasteiger partial charge in [-0.2, -0.15) is 0 Å². The van der Waals surface area contributed by atoms with Crippen LogP contribution in [0, 0.1) is 11.7 Å². The Morgan fingerprint density at radius 2 is 2.15 bits per heavy atom. The van der Waals surface area contributed by atoms with Gasteiger partial charge in [0.2, 0.25) is 5.91 Å². The van der Waals surface area contributed by atoms with Gasteiger partial charge >= 0.3 is 0 Å². The molecule has 1 aliphatic rings. The number of imidazole rings is 1. The summed E-state index contributed by atoms with van der Waals surface area (Å²) in [6.07, 6.45) is 0.781. The van der Waals surface area contributed by atoms with Gasteiger partial charge in [-0.25, -0.2) is 9.37 Å². The maximum Gasteiger partial charge on any atom is 0.224 e. The van der Waals surface area contributed by atoms with E-state index in [0.29, 0.717) is 16.7 Å². The molecule has 5 nitrogen and oxygen atoms in total. The average Bonchev–Trinajstić information content (AvgIpc) is 3.16. The zero-order valence-electron chi connectivity index (χ0n) is 14.7. The molecule has 6 heteroatoms. The molecule has 0 aliphatic heterocycles. The third kappa shape index (κ3) is 2.87. The van der Waals surface area contributed by atoms with Gasteiger partial charge in [0.25, 0.3) is 0 Å². The van der Waals surface area contributed by atoms with Crippen molar-refractivity contribution in [3.63, 3.8) is 0 Å². The van der Waals surface area contributed by atoms with E-state index in [0.717, 1.165) is 23.3 Å². The molecule has 1 amide bonds. The molecule has 3 atom stereocenters. The number of hydrogen-bond acceptors (Lipinski definition) is 3. The monoisotopic (exact) mass is 363 g/mol. The van der Waals surface area contributed by atoms with Crippen LogP contribution in [-0.4, -0.2) is 15.9 Å². The number of nitrogens with zero attached hydrogens (tertiary/aromatic N) is 1. The first-order chi connectivity index (χ1) is 13.1. The Labute approximate surface area is 154 Å². The Balaban J connectivity index is 1.28. The average molecular weight is 363 g/mol. The number of carbonyl (C=O) groups excluding carboxylic acids is 1. The molecule has 1 unspecified atom stereocenters. The summed E-state index contributed by atoms with van der Waals surface area (Å²) in [4.78, 5) is 20.5. The molecule has 27 heavy (non-hydrogen) atoms. The van der Waals surface area contributed by atoms with Gasteiger partial charge in [0.1, 0.15) is 23.0 Å². The maximum atomic E-state index is 13.3. The normalized spacial score (nSPS) is 20.1. The Morgan fingerprint density at radius 1 is 1.30 bits per heavy atom. The van der Waals surface area contributed by atoms with Gasteiger partial charge in [0.05, 0.1) is 17.1 Å². The number of carbonyl (C=O) groups is 1. The second-order valence-electron chi connectivity index (χ2n) is 7.15. The van der Waals surface area contributed by atoms with E-state index in [9.17, 15) is 9.18 Å². The molecule has 2 aromatic carbocycles. The predicted molar refractivity (Wildman–Crippen MR) is 99.7 cm³/mol. The van der Waals surface area contributed by atoms with E-state index in [-0.39, 0.29) is 29.6 Å². The third-order valence-corrected chi connectivity index (χ3v) is 5.17. The van der Waals surface area contributed by atoms with E-state index < -0.39 is 0 Å². The van der Waals surface area contributed by atoms with Crippen molar-refractivity contribution >= 4 is 27.9 Å². The number of hydrogen-bond donors (Lipinski definition) is 2. The number of nitrogens with one attached hydrogen (secondary N) is 2. The summed E-state index contributed by atoms with van der Waals surface area (Å²) in [7, 11) is 0. The van der Waals surface area contributed by atoms with Crippen molar-refractivity contribution in [1.29, 1.82) is 0 Å². The van der Waals surface area contributed by atoms with E-state index >= 15 is 0 Å². The fraction of sp³-hybridized carbons (Fsp3) is 0.238. The summed E-state index contributed by atoms with van der Waals surface area (Å²) >= 11 is 0.